The zero-order chi connectivity index (χ0) is 22.2. The van der Waals surface area contributed by atoms with E-state index in [0.717, 1.165) is 32.9 Å². The minimum atomic E-state index is -4.17. The lowest BCUT2D eigenvalue weighted by Gasteiger charge is -2.32. The first kappa shape index (κ1) is 21.4. The highest BCUT2D eigenvalue weighted by Gasteiger charge is 2.34. The predicted molar refractivity (Wildman–Crippen MR) is 115 cm³/mol. The summed E-state index contributed by atoms with van der Waals surface area (Å²) in [6.07, 6.45) is 0.625. The van der Waals surface area contributed by atoms with Crippen molar-refractivity contribution in [2.45, 2.75) is 17.7 Å². The summed E-state index contributed by atoms with van der Waals surface area (Å²) in [5.41, 5.74) is 0.764. The molecule has 0 N–H and O–H groups in total. The van der Waals surface area contributed by atoms with Crippen molar-refractivity contribution in [2.24, 2.45) is 5.92 Å². The van der Waals surface area contributed by atoms with Crippen LogP contribution in [0.25, 0.3) is 10.8 Å². The maximum Gasteiger partial charge on any atom is 0.246 e. The Morgan fingerprint density at radius 1 is 0.968 bits per heavy atom. The second-order valence-corrected chi connectivity index (χ2v) is 9.59. The summed E-state index contributed by atoms with van der Waals surface area (Å²) in [5.74, 6) is -2.25. The van der Waals surface area contributed by atoms with E-state index in [2.05, 4.69) is 0 Å². The Bertz CT molecular complexity index is 1240. The third-order valence-electron chi connectivity index (χ3n) is 5.77. The lowest BCUT2D eigenvalue weighted by molar-refractivity contribution is -0.123. The summed E-state index contributed by atoms with van der Waals surface area (Å²) in [6, 6.07) is 16.0. The Kier molecular flexibility index (Phi) is 5.77. The van der Waals surface area contributed by atoms with E-state index in [4.69, 9.17) is 0 Å². The summed E-state index contributed by atoms with van der Waals surface area (Å²) >= 11 is 0. The van der Waals surface area contributed by atoms with Crippen LogP contribution >= 0.6 is 0 Å². The van der Waals surface area contributed by atoms with Crippen LogP contribution in [0, 0.1) is 17.6 Å². The molecule has 31 heavy (non-hydrogen) atoms. The van der Waals surface area contributed by atoms with Crippen molar-refractivity contribution in [3.63, 3.8) is 0 Å². The molecule has 4 rings (SSSR count). The molecule has 0 aromatic heterocycles. The predicted octanol–water partition coefficient (Wildman–Crippen LogP) is 4.18. The molecule has 1 fully saturated rings. The fourth-order valence-electron chi connectivity index (χ4n) is 3.94. The lowest BCUT2D eigenvalue weighted by atomic mass is 9.96. The van der Waals surface area contributed by atoms with Gasteiger partial charge in [-0.2, -0.15) is 4.31 Å². The van der Waals surface area contributed by atoms with E-state index >= 15 is 0 Å². The molecule has 0 aliphatic carbocycles. The van der Waals surface area contributed by atoms with Gasteiger partial charge in [0.15, 0.2) is 0 Å². The third-order valence-corrected chi connectivity index (χ3v) is 7.68. The topological polar surface area (TPSA) is 57.7 Å². The number of benzene rings is 3. The van der Waals surface area contributed by atoms with Crippen LogP contribution in [0.5, 0.6) is 0 Å². The van der Waals surface area contributed by atoms with Crippen molar-refractivity contribution >= 4 is 32.4 Å². The van der Waals surface area contributed by atoms with E-state index in [-0.39, 0.29) is 24.9 Å². The number of hydrogen-bond donors (Lipinski definition) is 0. The number of piperidine rings is 1. The van der Waals surface area contributed by atoms with Crippen molar-refractivity contribution < 1.29 is 22.0 Å². The van der Waals surface area contributed by atoms with Crippen molar-refractivity contribution in [1.82, 2.24) is 4.31 Å². The molecule has 1 saturated heterocycles. The molecule has 1 aliphatic rings. The van der Waals surface area contributed by atoms with Crippen molar-refractivity contribution in [3.05, 3.63) is 72.3 Å². The molecule has 8 heteroatoms. The van der Waals surface area contributed by atoms with E-state index in [1.165, 1.54) is 0 Å². The number of halogens is 2. The highest BCUT2D eigenvalue weighted by atomic mass is 32.2. The van der Waals surface area contributed by atoms with E-state index in [0.29, 0.717) is 18.9 Å². The SMILES string of the molecule is CN(C(=O)C1CCN(S(=O)(=O)c2cc(F)ccc2F)CC1)c1ccc2ccccc2c1. The molecule has 1 aliphatic heterocycles. The third kappa shape index (κ3) is 4.18. The van der Waals surface area contributed by atoms with Crippen LogP contribution in [-0.4, -0.2) is 38.8 Å². The summed E-state index contributed by atoms with van der Waals surface area (Å²) < 4.78 is 54.1. The molecule has 0 atom stereocenters. The first-order valence-corrected chi connectivity index (χ1v) is 11.4. The number of anilines is 1. The van der Waals surface area contributed by atoms with Crippen LogP contribution in [-0.2, 0) is 14.8 Å². The molecule has 162 valence electrons. The average molecular weight is 445 g/mol. The van der Waals surface area contributed by atoms with Gasteiger partial charge in [0, 0.05) is 31.7 Å². The van der Waals surface area contributed by atoms with Gasteiger partial charge in [0.25, 0.3) is 0 Å². The minimum Gasteiger partial charge on any atom is -0.315 e. The van der Waals surface area contributed by atoms with Gasteiger partial charge in [0.2, 0.25) is 15.9 Å². The van der Waals surface area contributed by atoms with Crippen LogP contribution in [0.4, 0.5) is 14.5 Å². The van der Waals surface area contributed by atoms with Gasteiger partial charge < -0.3 is 4.90 Å². The quantitative estimate of drug-likeness (QED) is 0.607. The van der Waals surface area contributed by atoms with E-state index in [9.17, 15) is 22.0 Å². The zero-order valence-electron chi connectivity index (χ0n) is 17.0. The Labute approximate surface area is 179 Å². The van der Waals surface area contributed by atoms with Crippen molar-refractivity contribution in [2.75, 3.05) is 25.0 Å². The number of sulfonamides is 1. The highest BCUT2D eigenvalue weighted by Crippen LogP contribution is 2.29. The molecule has 0 bridgehead atoms. The van der Waals surface area contributed by atoms with Crippen LogP contribution in [0.2, 0.25) is 0 Å². The molecule has 0 unspecified atom stereocenters. The number of hydrogen-bond acceptors (Lipinski definition) is 3. The van der Waals surface area contributed by atoms with E-state index < -0.39 is 26.6 Å². The largest absolute Gasteiger partial charge is 0.315 e. The number of rotatable bonds is 4. The minimum absolute atomic E-state index is 0.0697. The normalized spacial score (nSPS) is 15.8. The Morgan fingerprint density at radius 3 is 2.35 bits per heavy atom. The number of fused-ring (bicyclic) bond motifs is 1. The second kappa shape index (κ2) is 8.36. The summed E-state index contributed by atoms with van der Waals surface area (Å²) in [5, 5.41) is 2.10. The smallest absolute Gasteiger partial charge is 0.246 e. The first-order valence-electron chi connectivity index (χ1n) is 9.99. The summed E-state index contributed by atoms with van der Waals surface area (Å²) in [4.78, 5) is 13.9. The fraction of sp³-hybridized carbons (Fsp3) is 0.261. The zero-order valence-corrected chi connectivity index (χ0v) is 17.8. The van der Waals surface area contributed by atoms with E-state index in [1.54, 1.807) is 11.9 Å². The van der Waals surface area contributed by atoms with Gasteiger partial charge in [0.05, 0.1) is 0 Å². The van der Waals surface area contributed by atoms with Crippen LogP contribution in [0.1, 0.15) is 12.8 Å². The van der Waals surface area contributed by atoms with Gasteiger partial charge >= 0.3 is 0 Å². The molecule has 0 radical (unpaired) electrons. The molecule has 3 aromatic rings. The molecule has 1 amide bonds. The van der Waals surface area contributed by atoms with Crippen LogP contribution < -0.4 is 4.90 Å². The van der Waals surface area contributed by atoms with Crippen LogP contribution in [0.3, 0.4) is 0 Å². The molecule has 0 spiro atoms. The van der Waals surface area contributed by atoms with E-state index in [1.807, 2.05) is 42.5 Å². The number of carbonyl (C=O) groups is 1. The monoisotopic (exact) mass is 444 g/mol. The standard InChI is InChI=1S/C23H22F2N2O3S/c1-26(20-8-6-16-4-2-3-5-18(16)14-20)23(28)17-10-12-27(13-11-17)31(29,30)22-15-19(24)7-9-21(22)25/h2-9,14-15,17H,10-13H2,1H3. The lowest BCUT2D eigenvalue weighted by Crippen LogP contribution is -2.43. The van der Waals surface area contributed by atoms with Gasteiger partial charge in [0.1, 0.15) is 16.5 Å². The van der Waals surface area contributed by atoms with Gasteiger partial charge in [-0.25, -0.2) is 17.2 Å². The fourth-order valence-corrected chi connectivity index (χ4v) is 5.49. The molecular formula is C23H22F2N2O3S. The first-order chi connectivity index (χ1) is 14.8. The van der Waals surface area contributed by atoms with Gasteiger partial charge in [-0.3, -0.25) is 4.79 Å². The number of nitrogens with zero attached hydrogens (tertiary/aromatic N) is 2. The molecule has 1 heterocycles. The maximum absolute atomic E-state index is 14.0. The molecule has 5 nitrogen and oxygen atoms in total. The Morgan fingerprint density at radius 2 is 1.65 bits per heavy atom. The second-order valence-electron chi connectivity index (χ2n) is 7.68. The Balaban J connectivity index is 1.46. The maximum atomic E-state index is 14.0. The van der Waals surface area contributed by atoms with Gasteiger partial charge in [-0.15, -0.1) is 0 Å². The number of amides is 1. The van der Waals surface area contributed by atoms with Gasteiger partial charge in [-0.1, -0.05) is 30.3 Å². The van der Waals surface area contributed by atoms with Crippen LogP contribution in [0.15, 0.2) is 65.6 Å². The summed E-state index contributed by atoms with van der Waals surface area (Å²) in [6.45, 7) is 0.139. The van der Waals surface area contributed by atoms with Crippen molar-refractivity contribution in [3.8, 4) is 0 Å². The average Bonchev–Trinajstić information content (AvgIpc) is 2.79. The molecule has 0 saturated carbocycles. The molecular weight excluding hydrogens is 422 g/mol. The Hall–Kier alpha value is -2.84. The molecule has 3 aromatic carbocycles. The van der Waals surface area contributed by atoms with Crippen molar-refractivity contribution in [1.29, 1.82) is 0 Å². The highest BCUT2D eigenvalue weighted by molar-refractivity contribution is 7.89. The summed E-state index contributed by atoms with van der Waals surface area (Å²) in [7, 11) is -2.46. The van der Waals surface area contributed by atoms with Gasteiger partial charge in [-0.05, 0) is 53.9 Å². The number of carbonyl (C=O) groups excluding carboxylic acids is 1.